The highest BCUT2D eigenvalue weighted by Crippen LogP contribution is 2.25. The second kappa shape index (κ2) is 6.81. The Morgan fingerprint density at radius 1 is 1.14 bits per heavy atom. The number of rotatable bonds is 5. The summed E-state index contributed by atoms with van der Waals surface area (Å²) in [4.78, 5) is 25.8. The van der Waals surface area contributed by atoms with Gasteiger partial charge in [-0.05, 0) is 39.3 Å². The van der Waals surface area contributed by atoms with E-state index in [4.69, 9.17) is 20.5 Å². The first-order valence-corrected chi connectivity index (χ1v) is 14.5. The predicted molar refractivity (Wildman–Crippen MR) is 88.5 cm³/mol. The highest BCUT2D eigenvalue weighted by molar-refractivity contribution is 6.71. The molecule has 0 N–H and O–H groups in total. The van der Waals surface area contributed by atoms with Crippen molar-refractivity contribution < 1.29 is 18.4 Å². The number of carbonyl (C=O) groups is 2. The van der Waals surface area contributed by atoms with E-state index in [9.17, 15) is 9.59 Å². The van der Waals surface area contributed by atoms with Crippen molar-refractivity contribution in [1.82, 2.24) is 4.90 Å². The quantitative estimate of drug-likeness (QED) is 0.564. The van der Waals surface area contributed by atoms with Crippen LogP contribution < -0.4 is 0 Å². The van der Waals surface area contributed by atoms with Crippen molar-refractivity contribution in [2.45, 2.75) is 57.8 Å². The molecule has 2 atom stereocenters. The summed E-state index contributed by atoms with van der Waals surface area (Å²) in [6.07, 6.45) is 0.388. The molecule has 0 aromatic rings. The van der Waals surface area contributed by atoms with E-state index in [1.165, 1.54) is 4.90 Å². The summed E-state index contributed by atoms with van der Waals surface area (Å²) in [6, 6.07) is -0.565. The lowest BCUT2D eigenvalue weighted by molar-refractivity contribution is -0.145. The third-order valence-corrected chi connectivity index (χ3v) is 4.98. The Hall–Kier alpha value is -0.376. The lowest BCUT2D eigenvalue weighted by Gasteiger charge is -2.26. The summed E-state index contributed by atoms with van der Waals surface area (Å²) in [5.74, 6) is -0.693. The van der Waals surface area contributed by atoms with Crippen molar-refractivity contribution in [3.63, 3.8) is 0 Å². The average Bonchev–Trinajstić information content (AvgIpc) is 2.67. The van der Waals surface area contributed by atoms with Crippen LogP contribution >= 0.6 is 11.6 Å². The Balaban J connectivity index is 2.83. The van der Waals surface area contributed by atoms with E-state index in [-0.39, 0.29) is 23.9 Å². The number of likely N-dealkylation sites (tertiary alicyclic amines) is 1. The second-order valence-corrected chi connectivity index (χ2v) is 16.5. The Morgan fingerprint density at radius 2 is 1.71 bits per heavy atom. The SMILES string of the molecule is C[Si](C)(C)OC(=O)[C@H]1C[C@@H](O[Si](C)(C)C)CN1C(=O)CCl. The predicted octanol–water partition coefficient (Wildman–Crippen LogP) is 2.42. The molecule has 0 aromatic heterocycles. The molecular formula is C13H26ClNO4Si2. The summed E-state index contributed by atoms with van der Waals surface area (Å²) in [5, 5.41) is 0. The minimum Gasteiger partial charge on any atom is -0.518 e. The number of hydrogen-bond acceptors (Lipinski definition) is 4. The molecule has 1 heterocycles. The molecule has 0 spiro atoms. The molecule has 0 aromatic carbocycles. The topological polar surface area (TPSA) is 55.8 Å². The van der Waals surface area contributed by atoms with Crippen LogP contribution in [0.2, 0.25) is 39.3 Å². The fraction of sp³-hybridized carbons (Fsp3) is 0.846. The standard InChI is InChI=1S/C13H26ClNO4Si2/c1-20(2,3)18-10-7-11(13(17)19-21(4,5)6)15(9-10)12(16)8-14/h10-11H,7-9H2,1-6H3/t10-,11-/m1/s1. The fourth-order valence-electron chi connectivity index (χ4n) is 2.33. The van der Waals surface area contributed by atoms with Gasteiger partial charge in [-0.15, -0.1) is 11.6 Å². The largest absolute Gasteiger partial charge is 0.518 e. The van der Waals surface area contributed by atoms with Gasteiger partial charge in [0.2, 0.25) is 14.2 Å². The van der Waals surface area contributed by atoms with Gasteiger partial charge in [0.05, 0.1) is 6.10 Å². The maximum Gasteiger partial charge on any atom is 0.315 e. The van der Waals surface area contributed by atoms with E-state index in [1.807, 2.05) is 19.6 Å². The van der Waals surface area contributed by atoms with Crippen molar-refractivity contribution in [1.29, 1.82) is 0 Å². The number of nitrogens with zero attached hydrogens (tertiary/aromatic N) is 1. The zero-order valence-electron chi connectivity index (χ0n) is 13.7. The molecule has 0 unspecified atom stereocenters. The smallest absolute Gasteiger partial charge is 0.315 e. The lowest BCUT2D eigenvalue weighted by Crippen LogP contribution is -2.45. The van der Waals surface area contributed by atoms with Gasteiger partial charge in [-0.3, -0.25) is 9.59 Å². The van der Waals surface area contributed by atoms with Crippen LogP contribution in [0.3, 0.4) is 0 Å². The van der Waals surface area contributed by atoms with Crippen molar-refractivity contribution in [2.24, 2.45) is 0 Å². The van der Waals surface area contributed by atoms with Crippen LogP contribution in [0.1, 0.15) is 6.42 Å². The molecule has 5 nitrogen and oxygen atoms in total. The first-order chi connectivity index (χ1) is 9.43. The molecule has 1 rings (SSSR count). The number of carbonyl (C=O) groups excluding carboxylic acids is 2. The summed E-state index contributed by atoms with van der Waals surface area (Å²) in [7, 11) is -3.71. The third-order valence-electron chi connectivity index (χ3n) is 2.90. The van der Waals surface area contributed by atoms with E-state index in [0.717, 1.165) is 0 Å². The fourth-order valence-corrected chi connectivity index (χ4v) is 4.39. The maximum atomic E-state index is 12.3. The first-order valence-electron chi connectivity index (χ1n) is 7.19. The highest BCUT2D eigenvalue weighted by Gasteiger charge is 2.43. The molecule has 1 fully saturated rings. The molecule has 0 bridgehead atoms. The first kappa shape index (κ1) is 18.7. The van der Waals surface area contributed by atoms with Crippen molar-refractivity contribution in [2.75, 3.05) is 12.4 Å². The number of alkyl halides is 1. The van der Waals surface area contributed by atoms with Gasteiger partial charge in [-0.1, -0.05) is 0 Å². The monoisotopic (exact) mass is 351 g/mol. The second-order valence-electron chi connectivity index (χ2n) is 7.32. The third kappa shape index (κ3) is 6.09. The van der Waals surface area contributed by atoms with Crippen molar-refractivity contribution in [3.8, 4) is 0 Å². The zero-order chi connectivity index (χ0) is 16.4. The van der Waals surface area contributed by atoms with E-state index in [2.05, 4.69) is 19.6 Å². The lowest BCUT2D eigenvalue weighted by atomic mass is 10.2. The van der Waals surface area contributed by atoms with Crippen molar-refractivity contribution in [3.05, 3.63) is 0 Å². The number of hydrogen-bond donors (Lipinski definition) is 0. The molecule has 122 valence electrons. The highest BCUT2D eigenvalue weighted by atomic mass is 35.5. The van der Waals surface area contributed by atoms with Crippen LogP contribution in [0, 0.1) is 0 Å². The van der Waals surface area contributed by atoms with Gasteiger partial charge in [0, 0.05) is 13.0 Å². The van der Waals surface area contributed by atoms with E-state index < -0.39 is 22.7 Å². The summed E-state index contributed by atoms with van der Waals surface area (Å²) >= 11 is 5.65. The van der Waals surface area contributed by atoms with Gasteiger partial charge < -0.3 is 13.8 Å². The van der Waals surface area contributed by atoms with Gasteiger partial charge in [-0.25, -0.2) is 0 Å². The summed E-state index contributed by atoms with van der Waals surface area (Å²) in [6.45, 7) is 12.5. The van der Waals surface area contributed by atoms with Gasteiger partial charge in [-0.2, -0.15) is 0 Å². The zero-order valence-corrected chi connectivity index (χ0v) is 16.5. The molecule has 0 saturated carbocycles. The molecular weight excluding hydrogens is 326 g/mol. The number of halogens is 1. The van der Waals surface area contributed by atoms with Crippen LogP contribution in [0.15, 0.2) is 0 Å². The van der Waals surface area contributed by atoms with Crippen LogP contribution in [-0.2, 0) is 18.4 Å². The van der Waals surface area contributed by atoms with Crippen molar-refractivity contribution >= 4 is 40.1 Å². The molecule has 21 heavy (non-hydrogen) atoms. The Labute approximate surface area is 134 Å². The Bertz CT molecular complexity index is 406. The Kier molecular flexibility index (Phi) is 6.05. The molecule has 1 amide bonds. The van der Waals surface area contributed by atoms with E-state index in [0.29, 0.717) is 13.0 Å². The maximum absolute atomic E-state index is 12.3. The van der Waals surface area contributed by atoms with Gasteiger partial charge in [0.1, 0.15) is 11.9 Å². The average molecular weight is 352 g/mol. The van der Waals surface area contributed by atoms with Gasteiger partial charge in [0.15, 0.2) is 8.32 Å². The van der Waals surface area contributed by atoms with Crippen LogP contribution in [0.4, 0.5) is 0 Å². The number of amides is 1. The molecule has 1 saturated heterocycles. The minimum absolute atomic E-state index is 0.108. The minimum atomic E-state index is -1.98. The molecule has 1 aliphatic heterocycles. The molecule has 8 heteroatoms. The van der Waals surface area contributed by atoms with Crippen LogP contribution in [0.5, 0.6) is 0 Å². The normalized spacial score (nSPS) is 23.3. The van der Waals surface area contributed by atoms with E-state index in [1.54, 1.807) is 0 Å². The van der Waals surface area contributed by atoms with E-state index >= 15 is 0 Å². The van der Waals surface area contributed by atoms with Gasteiger partial charge >= 0.3 is 5.97 Å². The molecule has 1 aliphatic rings. The molecule has 0 radical (unpaired) electrons. The summed E-state index contributed by atoms with van der Waals surface area (Å²) in [5.41, 5.74) is 0. The van der Waals surface area contributed by atoms with Crippen LogP contribution in [-0.4, -0.2) is 58.0 Å². The summed E-state index contributed by atoms with van der Waals surface area (Å²) < 4.78 is 11.6. The van der Waals surface area contributed by atoms with Gasteiger partial charge in [0.25, 0.3) is 0 Å². The Morgan fingerprint density at radius 3 is 2.14 bits per heavy atom. The van der Waals surface area contributed by atoms with Crippen LogP contribution in [0.25, 0.3) is 0 Å². The molecule has 0 aliphatic carbocycles.